The van der Waals surface area contributed by atoms with Gasteiger partial charge in [-0.2, -0.15) is 0 Å². The fourth-order valence-electron chi connectivity index (χ4n) is 3.63. The summed E-state index contributed by atoms with van der Waals surface area (Å²) in [6.45, 7) is 3.17. The second kappa shape index (κ2) is 7.85. The van der Waals surface area contributed by atoms with E-state index in [-0.39, 0.29) is 6.04 Å². The molecule has 1 aliphatic heterocycles. The molecule has 0 saturated carbocycles. The number of hydrogen-bond acceptors (Lipinski definition) is 5. The van der Waals surface area contributed by atoms with Crippen molar-refractivity contribution < 1.29 is 4.74 Å². The molecule has 0 spiro atoms. The van der Waals surface area contributed by atoms with Crippen molar-refractivity contribution >= 4 is 11.0 Å². The number of pyridine rings is 1. The molecule has 1 aromatic carbocycles. The normalized spacial score (nSPS) is 16.6. The van der Waals surface area contributed by atoms with E-state index >= 15 is 0 Å². The Hall–Kier alpha value is -2.44. The summed E-state index contributed by atoms with van der Waals surface area (Å²) in [7, 11) is 0. The topological polar surface area (TPSA) is 80.1 Å². The van der Waals surface area contributed by atoms with Crippen molar-refractivity contribution in [1.82, 2.24) is 19.9 Å². The van der Waals surface area contributed by atoms with Gasteiger partial charge < -0.3 is 15.5 Å². The number of hydrogen-bond donors (Lipinski definition) is 2. The molecule has 6 nitrogen and oxygen atoms in total. The summed E-state index contributed by atoms with van der Waals surface area (Å²) < 4.78 is 5.80. The average molecular weight is 351 g/mol. The van der Waals surface area contributed by atoms with Gasteiger partial charge in [-0.15, -0.1) is 0 Å². The first-order chi connectivity index (χ1) is 12.8. The molecule has 2 aromatic heterocycles. The van der Waals surface area contributed by atoms with E-state index in [1.54, 1.807) is 0 Å². The van der Waals surface area contributed by atoms with E-state index in [1.807, 2.05) is 36.5 Å². The first-order valence-electron chi connectivity index (χ1n) is 9.30. The molecule has 0 aliphatic carbocycles. The van der Waals surface area contributed by atoms with Crippen LogP contribution in [0.3, 0.4) is 0 Å². The van der Waals surface area contributed by atoms with Gasteiger partial charge in [0.1, 0.15) is 11.6 Å². The number of imidazole rings is 1. The molecule has 6 heteroatoms. The number of nitrogens with one attached hydrogen (secondary N) is 1. The molecule has 136 valence electrons. The van der Waals surface area contributed by atoms with Crippen LogP contribution in [0.5, 0.6) is 5.75 Å². The van der Waals surface area contributed by atoms with Gasteiger partial charge in [0.05, 0.1) is 35.9 Å². The summed E-state index contributed by atoms with van der Waals surface area (Å²) in [6.07, 6.45) is 4.87. The van der Waals surface area contributed by atoms with Gasteiger partial charge in [0, 0.05) is 12.6 Å². The van der Waals surface area contributed by atoms with Gasteiger partial charge >= 0.3 is 0 Å². The maximum atomic E-state index is 5.80. The quantitative estimate of drug-likeness (QED) is 0.640. The minimum atomic E-state index is 0.242. The van der Waals surface area contributed by atoms with E-state index in [0.717, 1.165) is 73.8 Å². The van der Waals surface area contributed by atoms with Crippen LogP contribution < -0.4 is 10.5 Å². The Morgan fingerprint density at radius 2 is 2.12 bits per heavy atom. The van der Waals surface area contributed by atoms with Gasteiger partial charge in [-0.1, -0.05) is 12.1 Å². The summed E-state index contributed by atoms with van der Waals surface area (Å²) in [4.78, 5) is 15.3. The minimum absolute atomic E-state index is 0.242. The number of aromatic nitrogens is 3. The zero-order chi connectivity index (χ0) is 17.8. The van der Waals surface area contributed by atoms with Crippen LogP contribution in [0.15, 0.2) is 42.6 Å². The Bertz CT molecular complexity index is 829. The van der Waals surface area contributed by atoms with Crippen molar-refractivity contribution in [2.45, 2.75) is 31.8 Å². The van der Waals surface area contributed by atoms with Gasteiger partial charge in [0.25, 0.3) is 0 Å². The summed E-state index contributed by atoms with van der Waals surface area (Å²) >= 11 is 0. The fraction of sp³-hybridized carbons (Fsp3) is 0.400. The smallest absolute Gasteiger partial charge is 0.142 e. The number of aromatic amines is 1. The van der Waals surface area contributed by atoms with Crippen molar-refractivity contribution in [1.29, 1.82) is 0 Å². The lowest BCUT2D eigenvalue weighted by Gasteiger charge is -2.34. The van der Waals surface area contributed by atoms with Gasteiger partial charge in [-0.3, -0.25) is 9.88 Å². The van der Waals surface area contributed by atoms with Gasteiger partial charge in [-0.05, 0) is 50.2 Å². The second-order valence-corrected chi connectivity index (χ2v) is 6.71. The molecule has 3 N–H and O–H groups in total. The summed E-state index contributed by atoms with van der Waals surface area (Å²) in [6, 6.07) is 12.3. The zero-order valence-electron chi connectivity index (χ0n) is 14.9. The van der Waals surface area contributed by atoms with Crippen LogP contribution in [0.2, 0.25) is 0 Å². The molecule has 3 aromatic rings. The predicted octanol–water partition coefficient (Wildman–Crippen LogP) is 3.02. The van der Waals surface area contributed by atoms with Crippen LogP contribution in [-0.2, 0) is 6.54 Å². The third-order valence-corrected chi connectivity index (χ3v) is 4.90. The molecule has 0 saturated heterocycles. The molecule has 0 radical (unpaired) electrons. The number of nitrogens with two attached hydrogens (primary N) is 1. The SMILES string of the molecule is NCCCCN(Cc1nc2ccccc2[nH]1)C1CCOc2cccnc21. The molecule has 0 bridgehead atoms. The Kier molecular flexibility index (Phi) is 5.13. The van der Waals surface area contributed by atoms with Crippen LogP contribution >= 0.6 is 0 Å². The first-order valence-corrected chi connectivity index (χ1v) is 9.30. The monoisotopic (exact) mass is 351 g/mol. The van der Waals surface area contributed by atoms with Crippen molar-refractivity contribution in [2.24, 2.45) is 5.73 Å². The zero-order valence-corrected chi connectivity index (χ0v) is 14.9. The third-order valence-electron chi connectivity index (χ3n) is 4.90. The Morgan fingerprint density at radius 1 is 1.19 bits per heavy atom. The number of benzene rings is 1. The Balaban J connectivity index is 1.60. The highest BCUT2D eigenvalue weighted by molar-refractivity contribution is 5.74. The molecule has 4 rings (SSSR count). The molecular weight excluding hydrogens is 326 g/mol. The number of ether oxygens (including phenoxy) is 1. The summed E-state index contributed by atoms with van der Waals surface area (Å²) in [5.41, 5.74) is 8.82. The Morgan fingerprint density at radius 3 is 3.00 bits per heavy atom. The number of rotatable bonds is 7. The van der Waals surface area contributed by atoms with Crippen molar-refractivity contribution in [2.75, 3.05) is 19.7 Å². The van der Waals surface area contributed by atoms with Crippen LogP contribution in [0.4, 0.5) is 0 Å². The number of nitrogens with zero attached hydrogens (tertiary/aromatic N) is 3. The second-order valence-electron chi connectivity index (χ2n) is 6.71. The lowest BCUT2D eigenvalue weighted by Crippen LogP contribution is -2.34. The highest BCUT2D eigenvalue weighted by Crippen LogP contribution is 2.35. The molecule has 26 heavy (non-hydrogen) atoms. The number of para-hydroxylation sites is 2. The number of fused-ring (bicyclic) bond motifs is 2. The van der Waals surface area contributed by atoms with Crippen LogP contribution in [0.1, 0.15) is 36.8 Å². The van der Waals surface area contributed by atoms with E-state index < -0.39 is 0 Å². The molecule has 0 amide bonds. The minimum Gasteiger partial charge on any atom is -0.492 e. The van der Waals surface area contributed by atoms with Crippen molar-refractivity contribution in [3.63, 3.8) is 0 Å². The van der Waals surface area contributed by atoms with E-state index in [2.05, 4.69) is 20.9 Å². The maximum absolute atomic E-state index is 5.80. The first kappa shape index (κ1) is 17.0. The highest BCUT2D eigenvalue weighted by Gasteiger charge is 2.28. The summed E-state index contributed by atoms with van der Waals surface area (Å²) in [5, 5.41) is 0. The average Bonchev–Trinajstić information content (AvgIpc) is 3.09. The van der Waals surface area contributed by atoms with Crippen LogP contribution in [0, 0.1) is 0 Å². The fourth-order valence-corrected chi connectivity index (χ4v) is 3.63. The molecule has 1 aliphatic rings. The molecule has 3 heterocycles. The molecule has 1 atom stereocenters. The van der Waals surface area contributed by atoms with Gasteiger partial charge in [0.2, 0.25) is 0 Å². The van der Waals surface area contributed by atoms with Crippen molar-refractivity contribution in [3.05, 3.63) is 54.1 Å². The summed E-state index contributed by atoms with van der Waals surface area (Å²) in [5.74, 6) is 1.89. The van der Waals surface area contributed by atoms with Crippen LogP contribution in [-0.4, -0.2) is 39.5 Å². The van der Waals surface area contributed by atoms with E-state index in [1.165, 1.54) is 0 Å². The molecule has 1 unspecified atom stereocenters. The molecule has 0 fully saturated rings. The largest absolute Gasteiger partial charge is 0.492 e. The lowest BCUT2D eigenvalue weighted by atomic mass is 10.0. The van der Waals surface area contributed by atoms with Crippen molar-refractivity contribution in [3.8, 4) is 5.75 Å². The number of H-pyrrole nitrogens is 1. The van der Waals surface area contributed by atoms with E-state index in [4.69, 9.17) is 15.5 Å². The maximum Gasteiger partial charge on any atom is 0.142 e. The highest BCUT2D eigenvalue weighted by atomic mass is 16.5. The van der Waals surface area contributed by atoms with Gasteiger partial charge in [-0.25, -0.2) is 4.98 Å². The van der Waals surface area contributed by atoms with E-state index in [0.29, 0.717) is 0 Å². The predicted molar refractivity (Wildman–Crippen MR) is 102 cm³/mol. The lowest BCUT2D eigenvalue weighted by molar-refractivity contribution is 0.124. The van der Waals surface area contributed by atoms with E-state index in [9.17, 15) is 0 Å². The van der Waals surface area contributed by atoms with Gasteiger partial charge in [0.15, 0.2) is 0 Å². The molecular formula is C20H25N5O. The number of unbranched alkanes of at least 4 members (excludes halogenated alkanes) is 1. The third kappa shape index (κ3) is 3.57. The standard InChI is InChI=1S/C20H25N5O/c21-10-3-4-12-25(14-19-23-15-6-1-2-7-16(15)24-19)17-9-13-26-18-8-5-11-22-20(17)18/h1-2,5-8,11,17H,3-4,9-10,12-14,21H2,(H,23,24). The van der Waals surface area contributed by atoms with Crippen LogP contribution in [0.25, 0.3) is 11.0 Å². The Labute approximate surface area is 153 Å².